The van der Waals surface area contributed by atoms with Crippen LogP contribution in [0, 0.1) is 5.92 Å². The number of nitrogens with two attached hydrogens (primary N) is 2. The van der Waals surface area contributed by atoms with Gasteiger partial charge in [-0.25, -0.2) is 17.3 Å². The van der Waals surface area contributed by atoms with Gasteiger partial charge in [0, 0.05) is 6.54 Å². The van der Waals surface area contributed by atoms with Gasteiger partial charge in [-0.1, -0.05) is 0 Å². The Balaban J connectivity index is 3.47. The zero-order valence-electron chi connectivity index (χ0n) is 7.74. The van der Waals surface area contributed by atoms with Crippen LogP contribution in [0.15, 0.2) is 0 Å². The van der Waals surface area contributed by atoms with E-state index >= 15 is 0 Å². The monoisotopic (exact) mass is 193 g/mol. The predicted molar refractivity (Wildman–Crippen MR) is 47.4 cm³/mol. The third-order valence-corrected chi connectivity index (χ3v) is 1.95. The van der Waals surface area contributed by atoms with Crippen LogP contribution in [0.1, 0.15) is 19.3 Å². The van der Waals surface area contributed by atoms with Crippen molar-refractivity contribution >= 4 is 0 Å². The fraction of sp³-hybridized carbons (Fsp3) is 1.00. The van der Waals surface area contributed by atoms with Crippen molar-refractivity contribution < 1.29 is 14.9 Å². The molecule has 0 spiro atoms. The van der Waals surface area contributed by atoms with Crippen LogP contribution in [0.3, 0.4) is 0 Å². The Morgan fingerprint density at radius 3 is 2.00 bits per heavy atom. The van der Waals surface area contributed by atoms with Crippen LogP contribution in [0.5, 0.6) is 0 Å². The summed E-state index contributed by atoms with van der Waals surface area (Å²) in [5.41, 5.74) is 2.11. The molecule has 0 rings (SSSR count). The zero-order valence-corrected chi connectivity index (χ0v) is 7.74. The molecule has 0 aromatic carbocycles. The molecule has 0 aromatic rings. The second kappa shape index (κ2) is 9.85. The SMILES string of the molecule is NOCCC(CCNO)CCON. The summed E-state index contributed by atoms with van der Waals surface area (Å²) in [4.78, 5) is 8.95. The van der Waals surface area contributed by atoms with E-state index in [-0.39, 0.29) is 0 Å². The Hall–Kier alpha value is -0.240. The molecule has 0 saturated heterocycles. The first kappa shape index (κ1) is 12.8. The maximum absolute atomic E-state index is 8.40. The van der Waals surface area contributed by atoms with Gasteiger partial charge < -0.3 is 14.9 Å². The average Bonchev–Trinajstić information content (AvgIpc) is 2.17. The highest BCUT2D eigenvalue weighted by atomic mass is 16.6. The van der Waals surface area contributed by atoms with Gasteiger partial charge in [-0.3, -0.25) is 0 Å². The minimum Gasteiger partial charge on any atom is -0.317 e. The van der Waals surface area contributed by atoms with E-state index in [1.165, 1.54) is 0 Å². The molecule has 0 unspecified atom stereocenters. The summed E-state index contributed by atoms with van der Waals surface area (Å²) in [6.07, 6.45) is 2.55. The molecule has 0 aliphatic carbocycles. The van der Waals surface area contributed by atoms with E-state index in [4.69, 9.17) is 17.0 Å². The number of nitrogens with one attached hydrogen (secondary N) is 1. The maximum Gasteiger partial charge on any atom is 0.0681 e. The van der Waals surface area contributed by atoms with Crippen molar-refractivity contribution in [3.05, 3.63) is 0 Å². The van der Waals surface area contributed by atoms with Crippen LogP contribution in [0.25, 0.3) is 0 Å². The standard InChI is InChI=1S/C7H19N3O3/c8-12-5-2-7(1-4-10-11)3-6-13-9/h7,10-11H,1-6,8-9H2. The molecule has 0 aliphatic rings. The lowest BCUT2D eigenvalue weighted by Crippen LogP contribution is -2.18. The van der Waals surface area contributed by atoms with E-state index < -0.39 is 0 Å². The highest BCUT2D eigenvalue weighted by Gasteiger charge is 2.07. The summed E-state index contributed by atoms with van der Waals surface area (Å²) >= 11 is 0. The first-order valence-electron chi connectivity index (χ1n) is 4.35. The van der Waals surface area contributed by atoms with Crippen LogP contribution in [0.4, 0.5) is 0 Å². The highest BCUT2D eigenvalue weighted by molar-refractivity contribution is 4.59. The predicted octanol–water partition coefficient (Wildman–Crippen LogP) is -0.468. The van der Waals surface area contributed by atoms with Gasteiger partial charge in [0.2, 0.25) is 0 Å². The molecular formula is C7H19N3O3. The van der Waals surface area contributed by atoms with E-state index in [0.717, 1.165) is 19.3 Å². The molecule has 0 atom stereocenters. The van der Waals surface area contributed by atoms with Gasteiger partial charge in [0.25, 0.3) is 0 Å². The lowest BCUT2D eigenvalue weighted by atomic mass is 9.98. The average molecular weight is 193 g/mol. The number of hydroxylamine groups is 1. The molecule has 0 bridgehead atoms. The zero-order chi connectivity index (χ0) is 9.94. The lowest BCUT2D eigenvalue weighted by Gasteiger charge is -2.14. The van der Waals surface area contributed by atoms with Crippen LogP contribution in [0.2, 0.25) is 0 Å². The summed E-state index contributed by atoms with van der Waals surface area (Å²) < 4.78 is 0. The molecular weight excluding hydrogens is 174 g/mol. The molecule has 0 amide bonds. The summed E-state index contributed by atoms with van der Waals surface area (Å²) in [6.45, 7) is 1.58. The number of rotatable bonds is 9. The van der Waals surface area contributed by atoms with Crippen molar-refractivity contribution in [3.8, 4) is 0 Å². The first-order chi connectivity index (χ1) is 6.35. The van der Waals surface area contributed by atoms with Gasteiger partial charge in [0.15, 0.2) is 0 Å². The Labute approximate surface area is 78.0 Å². The minimum atomic E-state index is 0.409. The summed E-state index contributed by atoms with van der Waals surface area (Å²) in [5, 5.41) is 8.40. The van der Waals surface area contributed by atoms with E-state index in [2.05, 4.69) is 15.2 Å². The van der Waals surface area contributed by atoms with E-state index in [1.54, 1.807) is 0 Å². The van der Waals surface area contributed by atoms with Crippen molar-refractivity contribution in [2.75, 3.05) is 19.8 Å². The molecule has 0 aliphatic heterocycles. The summed E-state index contributed by atoms with van der Waals surface area (Å²) in [6, 6.07) is 0. The molecule has 6 heteroatoms. The minimum absolute atomic E-state index is 0.409. The Morgan fingerprint density at radius 1 is 1.08 bits per heavy atom. The van der Waals surface area contributed by atoms with Gasteiger partial charge in [-0.15, -0.1) is 0 Å². The Morgan fingerprint density at radius 2 is 1.62 bits per heavy atom. The lowest BCUT2D eigenvalue weighted by molar-refractivity contribution is 0.0901. The molecule has 0 fully saturated rings. The Bertz CT molecular complexity index is 86.0. The van der Waals surface area contributed by atoms with Crippen molar-refractivity contribution in [2.45, 2.75) is 19.3 Å². The van der Waals surface area contributed by atoms with Crippen molar-refractivity contribution in [3.63, 3.8) is 0 Å². The van der Waals surface area contributed by atoms with Gasteiger partial charge in [-0.05, 0) is 25.2 Å². The molecule has 6 N–H and O–H groups in total. The van der Waals surface area contributed by atoms with Crippen molar-refractivity contribution in [1.29, 1.82) is 0 Å². The molecule has 0 radical (unpaired) electrons. The molecule has 6 nitrogen and oxygen atoms in total. The second-order valence-corrected chi connectivity index (χ2v) is 2.88. The van der Waals surface area contributed by atoms with Gasteiger partial charge in [0.05, 0.1) is 13.2 Å². The first-order valence-corrected chi connectivity index (χ1v) is 4.35. The van der Waals surface area contributed by atoms with E-state index in [0.29, 0.717) is 25.7 Å². The second-order valence-electron chi connectivity index (χ2n) is 2.88. The largest absolute Gasteiger partial charge is 0.317 e. The molecule has 0 aromatic heterocycles. The normalized spacial score (nSPS) is 11.1. The van der Waals surface area contributed by atoms with E-state index in [1.807, 2.05) is 0 Å². The molecule has 80 valence electrons. The third-order valence-electron chi connectivity index (χ3n) is 1.95. The van der Waals surface area contributed by atoms with Gasteiger partial charge in [0.1, 0.15) is 0 Å². The van der Waals surface area contributed by atoms with Gasteiger partial charge in [-0.2, -0.15) is 0 Å². The van der Waals surface area contributed by atoms with Crippen LogP contribution < -0.4 is 17.3 Å². The fourth-order valence-electron chi connectivity index (χ4n) is 1.17. The quantitative estimate of drug-likeness (QED) is 0.369. The number of hydrogen-bond donors (Lipinski definition) is 4. The smallest absolute Gasteiger partial charge is 0.0681 e. The summed E-state index contributed by atoms with van der Waals surface area (Å²) in [5.74, 6) is 10.2. The van der Waals surface area contributed by atoms with Crippen LogP contribution in [-0.2, 0) is 9.68 Å². The van der Waals surface area contributed by atoms with Gasteiger partial charge >= 0.3 is 0 Å². The van der Waals surface area contributed by atoms with Crippen molar-refractivity contribution in [1.82, 2.24) is 5.48 Å². The van der Waals surface area contributed by atoms with E-state index in [9.17, 15) is 0 Å². The molecule has 0 heterocycles. The van der Waals surface area contributed by atoms with Crippen LogP contribution >= 0.6 is 0 Å². The Kier molecular flexibility index (Phi) is 9.66. The topological polar surface area (TPSA) is 103 Å². The third kappa shape index (κ3) is 8.10. The van der Waals surface area contributed by atoms with Crippen molar-refractivity contribution in [2.24, 2.45) is 17.7 Å². The highest BCUT2D eigenvalue weighted by Crippen LogP contribution is 2.12. The summed E-state index contributed by atoms with van der Waals surface area (Å²) in [7, 11) is 0. The van der Waals surface area contributed by atoms with Crippen LogP contribution in [-0.4, -0.2) is 25.0 Å². The fourth-order valence-corrected chi connectivity index (χ4v) is 1.17. The maximum atomic E-state index is 8.40. The number of hydrogen-bond acceptors (Lipinski definition) is 6. The molecule has 0 saturated carbocycles. The molecule has 13 heavy (non-hydrogen) atoms.